The van der Waals surface area contributed by atoms with E-state index in [1.165, 1.54) is 6.92 Å². The van der Waals surface area contributed by atoms with Gasteiger partial charge in [-0.3, -0.25) is 15.5 Å². The Bertz CT molecular complexity index is 136. The van der Waals surface area contributed by atoms with Crippen molar-refractivity contribution in [3.05, 3.63) is 5.92 Å². The molecule has 0 aliphatic heterocycles. The van der Waals surface area contributed by atoms with Gasteiger partial charge in [0, 0.05) is 29.6 Å². The molecule has 0 heterocycles. The monoisotopic (exact) mass is 177 g/mol. The molecule has 0 unspecified atom stereocenters. The Hall–Kier alpha value is 0.810. The van der Waals surface area contributed by atoms with Crippen LogP contribution in [-0.4, -0.2) is 51.7 Å². The second-order valence-corrected chi connectivity index (χ2v) is 1.66. The number of rotatable bonds is 3. The van der Waals surface area contributed by atoms with E-state index in [1.54, 1.807) is 0 Å². The molecule has 4 nitrogen and oxygen atoms in total. The second kappa shape index (κ2) is 8.90. The van der Waals surface area contributed by atoms with Crippen molar-refractivity contribution in [1.82, 2.24) is 0 Å². The fourth-order valence-corrected chi connectivity index (χ4v) is 0.302. The molecule has 2 N–H and O–H groups in total. The number of carbonyl (C=O) groups is 2. The molecular formula is C5H7Na2O4. The van der Waals surface area contributed by atoms with E-state index < -0.39 is 18.4 Å². The van der Waals surface area contributed by atoms with Crippen molar-refractivity contribution in [1.29, 1.82) is 0 Å². The molecule has 1 radical (unpaired) electrons. The van der Waals surface area contributed by atoms with E-state index >= 15 is 0 Å². The molecule has 0 aromatic heterocycles. The molecule has 0 saturated carbocycles. The first-order chi connectivity index (χ1) is 4.04. The predicted molar refractivity (Wildman–Crippen MR) is 34.6 cm³/mol. The van der Waals surface area contributed by atoms with Gasteiger partial charge in [0.2, 0.25) is 0 Å². The summed E-state index contributed by atoms with van der Waals surface area (Å²) in [6.45, 7) is 1.27. The van der Waals surface area contributed by atoms with Crippen molar-refractivity contribution in [3.63, 3.8) is 0 Å². The van der Waals surface area contributed by atoms with Crippen LogP contribution >= 0.6 is 0 Å². The van der Waals surface area contributed by atoms with Gasteiger partial charge >= 0.3 is 29.6 Å². The van der Waals surface area contributed by atoms with Crippen LogP contribution in [0.15, 0.2) is 0 Å². The van der Waals surface area contributed by atoms with E-state index in [1.807, 2.05) is 0 Å². The van der Waals surface area contributed by atoms with Crippen LogP contribution in [0.25, 0.3) is 0 Å². The summed E-state index contributed by atoms with van der Waals surface area (Å²) in [7, 11) is 0. The number of hydrogen-bond donors (Lipinski definition) is 2. The number of carboxylic acids is 2. The number of hydrogen-bond acceptors (Lipinski definition) is 2. The molecule has 0 fully saturated rings. The first kappa shape index (κ1) is 17.8. The molecule has 0 rings (SSSR count). The van der Waals surface area contributed by atoms with Gasteiger partial charge in [-0.2, -0.15) is 6.92 Å². The molecule has 0 amide bonds. The van der Waals surface area contributed by atoms with E-state index in [9.17, 15) is 9.59 Å². The van der Waals surface area contributed by atoms with Gasteiger partial charge in [0.05, 0.1) is 0 Å². The summed E-state index contributed by atoms with van der Waals surface area (Å²) >= 11 is 0. The Kier molecular flexibility index (Phi) is 14.4. The molecule has 11 heavy (non-hydrogen) atoms. The third-order valence-corrected chi connectivity index (χ3v) is 0.781. The van der Waals surface area contributed by atoms with Crippen molar-refractivity contribution < 1.29 is 49.4 Å². The maximum atomic E-state index is 9.93. The van der Waals surface area contributed by atoms with Gasteiger partial charge < -0.3 is 10.2 Å². The van der Waals surface area contributed by atoms with Crippen LogP contribution in [0, 0.1) is 5.92 Å². The van der Waals surface area contributed by atoms with Crippen molar-refractivity contribution in [2.45, 2.75) is 13.3 Å². The van der Waals surface area contributed by atoms with E-state index in [-0.39, 0.29) is 65.0 Å². The molecular weight excluding hydrogens is 170 g/mol. The number of carboxylic acid groups (broad SMARTS) is 2. The summed E-state index contributed by atoms with van der Waals surface area (Å²) < 4.78 is 0. The summed E-state index contributed by atoms with van der Waals surface area (Å²) in [6.07, 6.45) is -0.394. The van der Waals surface area contributed by atoms with Crippen molar-refractivity contribution in [2.24, 2.45) is 0 Å². The molecule has 53 valence electrons. The molecule has 6 heteroatoms. The normalized spacial score (nSPS) is 7.00. The van der Waals surface area contributed by atoms with Crippen LogP contribution in [0.2, 0.25) is 0 Å². The fraction of sp³-hybridized carbons (Fsp3) is 0.400. The average molecular weight is 177 g/mol. The van der Waals surface area contributed by atoms with E-state index in [0.29, 0.717) is 0 Å². The molecule has 0 aliphatic rings. The minimum absolute atomic E-state index is 0. The van der Waals surface area contributed by atoms with Crippen molar-refractivity contribution >= 4 is 41.5 Å². The Morgan fingerprint density at radius 3 is 1.82 bits per heavy atom. The van der Waals surface area contributed by atoms with Crippen LogP contribution in [0.4, 0.5) is 0 Å². The molecule has 0 spiro atoms. The maximum Gasteiger partial charge on any atom is 1.00 e. The van der Waals surface area contributed by atoms with Crippen molar-refractivity contribution in [2.75, 3.05) is 0 Å². The first-order valence-electron chi connectivity index (χ1n) is 2.31. The second-order valence-electron chi connectivity index (χ2n) is 1.66. The van der Waals surface area contributed by atoms with Gasteiger partial charge in [0.1, 0.15) is 0 Å². The quantitative estimate of drug-likeness (QED) is 0.351. The van der Waals surface area contributed by atoms with Gasteiger partial charge in [-0.1, -0.05) is 6.42 Å². The molecule has 0 aromatic carbocycles. The predicted octanol–water partition coefficient (Wildman–Crippen LogP) is -3.24. The van der Waals surface area contributed by atoms with Gasteiger partial charge in [0.25, 0.3) is 5.97 Å². The Labute approximate surface area is 109 Å². The Balaban J connectivity index is -0.000000320. The third kappa shape index (κ3) is 10.8. The molecule has 0 aliphatic carbocycles. The molecule has 0 bridgehead atoms. The minimum Gasteiger partial charge on any atom is -0.503 e. The smallest absolute Gasteiger partial charge is 0.503 e. The summed E-state index contributed by atoms with van der Waals surface area (Å²) in [5, 5.41) is 16.2. The van der Waals surface area contributed by atoms with Crippen LogP contribution in [0.5, 0.6) is 0 Å². The largest absolute Gasteiger partial charge is 1.00 e. The van der Waals surface area contributed by atoms with E-state index in [4.69, 9.17) is 10.2 Å². The molecule has 0 atom stereocenters. The van der Waals surface area contributed by atoms with Gasteiger partial charge in [-0.15, -0.1) is 0 Å². The first-order valence-corrected chi connectivity index (χ1v) is 2.31. The van der Waals surface area contributed by atoms with Crippen LogP contribution in [-0.2, 0) is 9.59 Å². The molecule has 0 saturated heterocycles. The minimum atomic E-state index is -1.16. The Morgan fingerprint density at radius 1 is 1.36 bits per heavy atom. The van der Waals surface area contributed by atoms with Gasteiger partial charge in [0.15, 0.2) is 5.97 Å². The maximum absolute atomic E-state index is 9.93. The standard InChI is InChI=1S/C5H7O4.2Na/c1-3(5(8)9)2-4(6)7;;/h2H2,1H3,(H,6,7)(H,8,9);;/q-1;;+1. The van der Waals surface area contributed by atoms with Crippen LogP contribution in [0.3, 0.4) is 0 Å². The fourth-order valence-electron chi connectivity index (χ4n) is 0.302. The zero-order valence-electron chi connectivity index (χ0n) is 6.92. The van der Waals surface area contributed by atoms with Crippen LogP contribution in [0.1, 0.15) is 13.3 Å². The number of aliphatic carboxylic acids is 2. The SMILES string of the molecule is C[C-](CC(=O)O)C(=O)O.[Na+].[Na]. The molecule has 0 aromatic rings. The zero-order valence-corrected chi connectivity index (χ0v) is 10.9. The summed E-state index contributed by atoms with van der Waals surface area (Å²) in [5.74, 6) is -2.32. The zero-order chi connectivity index (χ0) is 7.44. The van der Waals surface area contributed by atoms with Crippen LogP contribution < -0.4 is 29.6 Å². The third-order valence-electron chi connectivity index (χ3n) is 0.781. The summed E-state index contributed by atoms with van der Waals surface area (Å²) in [6, 6.07) is 0. The topological polar surface area (TPSA) is 74.6 Å². The average Bonchev–Trinajstić information content (AvgIpc) is 1.63. The van der Waals surface area contributed by atoms with Gasteiger partial charge in [-0.05, 0) is 0 Å². The van der Waals surface area contributed by atoms with Crippen molar-refractivity contribution in [3.8, 4) is 0 Å². The Morgan fingerprint density at radius 2 is 1.73 bits per heavy atom. The summed E-state index contributed by atoms with van der Waals surface area (Å²) in [5.41, 5.74) is 0. The summed E-state index contributed by atoms with van der Waals surface area (Å²) in [4.78, 5) is 19.8. The van der Waals surface area contributed by atoms with E-state index in [0.717, 1.165) is 0 Å². The van der Waals surface area contributed by atoms with Gasteiger partial charge in [-0.25, -0.2) is 0 Å². The van der Waals surface area contributed by atoms with E-state index in [2.05, 4.69) is 0 Å².